The van der Waals surface area contributed by atoms with Gasteiger partial charge >= 0.3 is 6.03 Å². The van der Waals surface area contributed by atoms with Gasteiger partial charge in [0, 0.05) is 29.7 Å². The minimum Gasteiger partial charge on any atom is -0.324 e. The van der Waals surface area contributed by atoms with E-state index < -0.39 is 44.8 Å². The zero-order valence-corrected chi connectivity index (χ0v) is 18.2. The van der Waals surface area contributed by atoms with Gasteiger partial charge in [0.15, 0.2) is 0 Å². The number of hydrogen-bond donors (Lipinski definition) is 2. The molecule has 0 saturated carbocycles. The van der Waals surface area contributed by atoms with Crippen LogP contribution in [0.4, 0.5) is 23.7 Å². The van der Waals surface area contributed by atoms with Crippen molar-refractivity contribution < 1.29 is 26.4 Å². The molecule has 2 amide bonds. The Morgan fingerprint density at radius 3 is 2.42 bits per heavy atom. The average molecular weight is 476 g/mol. The second-order valence-electron chi connectivity index (χ2n) is 7.34. The molecule has 2 N–H and O–H groups in total. The van der Waals surface area contributed by atoms with Crippen molar-refractivity contribution in [2.24, 2.45) is 0 Å². The average Bonchev–Trinajstić information content (AvgIpc) is 2.88. The van der Waals surface area contributed by atoms with Gasteiger partial charge < -0.3 is 10.2 Å². The molecule has 0 aromatic heterocycles. The summed E-state index contributed by atoms with van der Waals surface area (Å²) in [5, 5.41) is 2.32. The zero-order valence-electron chi connectivity index (χ0n) is 16.6. The first-order valence-electron chi connectivity index (χ1n) is 9.52. The first-order chi connectivity index (χ1) is 14.5. The molecule has 1 saturated heterocycles. The molecule has 31 heavy (non-hydrogen) atoms. The number of anilines is 1. The molecule has 2 aromatic rings. The van der Waals surface area contributed by atoms with Crippen molar-refractivity contribution in [3.63, 3.8) is 0 Å². The molecule has 3 rings (SSSR count). The van der Waals surface area contributed by atoms with Crippen molar-refractivity contribution in [1.29, 1.82) is 0 Å². The molecule has 1 aliphatic heterocycles. The Labute approximate surface area is 183 Å². The maximum absolute atomic E-state index is 14.7. The van der Waals surface area contributed by atoms with Crippen LogP contribution >= 0.6 is 11.6 Å². The minimum atomic E-state index is -3.38. The predicted molar refractivity (Wildman–Crippen MR) is 113 cm³/mol. The molecule has 1 aliphatic rings. The summed E-state index contributed by atoms with van der Waals surface area (Å²) in [6, 6.07) is 4.34. The fourth-order valence-electron chi connectivity index (χ4n) is 3.56. The van der Waals surface area contributed by atoms with Crippen molar-refractivity contribution in [1.82, 2.24) is 9.62 Å². The van der Waals surface area contributed by atoms with Gasteiger partial charge in [0.1, 0.15) is 17.5 Å². The Morgan fingerprint density at radius 2 is 1.77 bits per heavy atom. The highest BCUT2D eigenvalue weighted by atomic mass is 35.5. The highest BCUT2D eigenvalue weighted by Crippen LogP contribution is 2.36. The molecule has 0 aliphatic carbocycles. The van der Waals surface area contributed by atoms with Crippen LogP contribution in [0.5, 0.6) is 0 Å². The lowest BCUT2D eigenvalue weighted by molar-refractivity contribution is 0.213. The Balaban J connectivity index is 1.85. The van der Waals surface area contributed by atoms with E-state index in [4.69, 9.17) is 11.6 Å². The number of hydrogen-bond acceptors (Lipinski definition) is 3. The van der Waals surface area contributed by atoms with Crippen LogP contribution in [-0.4, -0.2) is 44.7 Å². The summed E-state index contributed by atoms with van der Waals surface area (Å²) in [6.07, 6.45) is 2.50. The molecular formula is C20H21ClF3N3O3S. The van der Waals surface area contributed by atoms with Crippen LogP contribution in [-0.2, 0) is 10.0 Å². The van der Waals surface area contributed by atoms with Crippen molar-refractivity contribution in [2.45, 2.75) is 25.3 Å². The molecule has 168 valence electrons. The monoisotopic (exact) mass is 475 g/mol. The number of sulfonamides is 1. The number of carbonyl (C=O) groups excluding carboxylic acids is 1. The van der Waals surface area contributed by atoms with Gasteiger partial charge in [-0.25, -0.2) is 31.1 Å². The number of nitrogens with one attached hydrogen (secondary N) is 2. The molecular weight excluding hydrogens is 455 g/mol. The summed E-state index contributed by atoms with van der Waals surface area (Å²) < 4.78 is 68.7. The quantitative estimate of drug-likeness (QED) is 0.689. The number of nitrogens with zero attached hydrogens (tertiary/aromatic N) is 1. The third-order valence-corrected chi connectivity index (χ3v) is 5.89. The Bertz CT molecular complexity index is 1080. The molecule has 1 heterocycles. The molecule has 0 bridgehead atoms. The fourth-order valence-corrected chi connectivity index (χ4v) is 4.61. The molecule has 1 fully saturated rings. The molecule has 0 radical (unpaired) electrons. The van der Waals surface area contributed by atoms with Gasteiger partial charge in [-0.05, 0) is 43.5 Å². The number of rotatable bonds is 4. The minimum absolute atomic E-state index is 0.0855. The van der Waals surface area contributed by atoms with E-state index in [1.54, 1.807) is 0 Å². The standard InChI is InChI=1S/C20H21ClF3N3O3S/c1-31(29,30)26-13-4-3-8-27(9-7-13)20(28)25-19-14(10-12(21)11-17(19)24)18-15(22)5-2-6-16(18)23/h2,5-6,10-11,13,26H,3-4,7-9H2,1H3,(H,25,28)/t13-/m0/s1. The lowest BCUT2D eigenvalue weighted by Crippen LogP contribution is -2.38. The Hall–Kier alpha value is -2.30. The van der Waals surface area contributed by atoms with Crippen LogP contribution in [0.3, 0.4) is 0 Å². The van der Waals surface area contributed by atoms with Crippen LogP contribution in [0, 0.1) is 17.5 Å². The summed E-state index contributed by atoms with van der Waals surface area (Å²) in [6.45, 7) is 0.532. The summed E-state index contributed by atoms with van der Waals surface area (Å²) in [5.41, 5.74) is -1.12. The van der Waals surface area contributed by atoms with E-state index in [0.29, 0.717) is 25.8 Å². The molecule has 11 heteroatoms. The first kappa shape index (κ1) is 23.4. The van der Waals surface area contributed by atoms with Gasteiger partial charge in [-0.3, -0.25) is 0 Å². The largest absolute Gasteiger partial charge is 0.324 e. The predicted octanol–water partition coefficient (Wildman–Crippen LogP) is 4.36. The van der Waals surface area contributed by atoms with Gasteiger partial charge in [-0.15, -0.1) is 0 Å². The van der Waals surface area contributed by atoms with Gasteiger partial charge in [-0.1, -0.05) is 17.7 Å². The molecule has 6 nitrogen and oxygen atoms in total. The third-order valence-electron chi connectivity index (χ3n) is 4.92. The van der Waals surface area contributed by atoms with Gasteiger partial charge in [-0.2, -0.15) is 0 Å². The lowest BCUT2D eigenvalue weighted by Gasteiger charge is -2.23. The number of amides is 2. The van der Waals surface area contributed by atoms with Gasteiger partial charge in [0.25, 0.3) is 0 Å². The third kappa shape index (κ3) is 5.90. The molecule has 2 aromatic carbocycles. The van der Waals surface area contributed by atoms with E-state index >= 15 is 0 Å². The number of halogens is 4. The highest BCUT2D eigenvalue weighted by Gasteiger charge is 2.25. The molecule has 1 atom stereocenters. The molecule has 0 unspecified atom stereocenters. The maximum Gasteiger partial charge on any atom is 0.321 e. The van der Waals surface area contributed by atoms with Crippen LogP contribution in [0.2, 0.25) is 5.02 Å². The normalized spacial score (nSPS) is 17.3. The van der Waals surface area contributed by atoms with E-state index in [1.165, 1.54) is 17.0 Å². The SMILES string of the molecule is CS(=O)(=O)N[C@H]1CCCN(C(=O)Nc2c(F)cc(Cl)cc2-c2c(F)cccc2F)CC1. The second-order valence-corrected chi connectivity index (χ2v) is 9.56. The Kier molecular flexibility index (Phi) is 7.13. The zero-order chi connectivity index (χ0) is 22.8. The lowest BCUT2D eigenvalue weighted by atomic mass is 10.0. The van der Waals surface area contributed by atoms with E-state index in [9.17, 15) is 26.4 Å². The van der Waals surface area contributed by atoms with E-state index in [-0.39, 0.29) is 23.2 Å². The van der Waals surface area contributed by atoms with Crippen molar-refractivity contribution in [2.75, 3.05) is 24.7 Å². The topological polar surface area (TPSA) is 78.5 Å². The fraction of sp³-hybridized carbons (Fsp3) is 0.350. The number of carbonyl (C=O) groups is 1. The summed E-state index contributed by atoms with van der Waals surface area (Å²) in [4.78, 5) is 14.2. The maximum atomic E-state index is 14.7. The second kappa shape index (κ2) is 9.46. The van der Waals surface area contributed by atoms with Crippen LogP contribution < -0.4 is 10.0 Å². The summed E-state index contributed by atoms with van der Waals surface area (Å²) in [5.74, 6) is -2.80. The van der Waals surface area contributed by atoms with E-state index in [2.05, 4.69) is 10.0 Å². The number of urea groups is 1. The number of benzene rings is 2. The number of likely N-dealkylation sites (tertiary alicyclic amines) is 1. The van der Waals surface area contributed by atoms with E-state index in [0.717, 1.165) is 24.5 Å². The highest BCUT2D eigenvalue weighted by molar-refractivity contribution is 7.88. The van der Waals surface area contributed by atoms with Gasteiger partial charge in [0.2, 0.25) is 10.0 Å². The summed E-state index contributed by atoms with van der Waals surface area (Å²) >= 11 is 5.89. The van der Waals surface area contributed by atoms with Crippen LogP contribution in [0.1, 0.15) is 19.3 Å². The van der Waals surface area contributed by atoms with Crippen molar-refractivity contribution in [3.05, 3.63) is 52.8 Å². The van der Waals surface area contributed by atoms with Crippen molar-refractivity contribution >= 4 is 33.3 Å². The van der Waals surface area contributed by atoms with Crippen LogP contribution in [0.25, 0.3) is 11.1 Å². The smallest absolute Gasteiger partial charge is 0.321 e. The van der Waals surface area contributed by atoms with E-state index in [1.807, 2.05) is 0 Å². The molecule has 0 spiro atoms. The van der Waals surface area contributed by atoms with Crippen LogP contribution in [0.15, 0.2) is 30.3 Å². The summed E-state index contributed by atoms with van der Waals surface area (Å²) in [7, 11) is -3.38. The Morgan fingerprint density at radius 1 is 1.10 bits per heavy atom. The first-order valence-corrected chi connectivity index (χ1v) is 11.8. The van der Waals surface area contributed by atoms with Gasteiger partial charge in [0.05, 0.1) is 17.5 Å². The van der Waals surface area contributed by atoms with Crippen molar-refractivity contribution in [3.8, 4) is 11.1 Å².